The lowest BCUT2D eigenvalue weighted by Crippen LogP contribution is -2.23. The van der Waals surface area contributed by atoms with E-state index in [1.165, 1.54) is 18.7 Å². The number of rotatable bonds is 8. The zero-order chi connectivity index (χ0) is 20.3. The second-order valence-corrected chi connectivity index (χ2v) is 7.40. The molecule has 1 aromatic rings. The molecule has 0 amide bonds. The Morgan fingerprint density at radius 1 is 1.39 bits per heavy atom. The number of carbonyl (C=O) groups is 1. The number of thioether (sulfide) groups is 1. The second-order valence-electron chi connectivity index (χ2n) is 6.46. The van der Waals surface area contributed by atoms with Crippen LogP contribution in [0.15, 0.2) is 29.4 Å². The van der Waals surface area contributed by atoms with Crippen molar-refractivity contribution in [2.24, 2.45) is 5.92 Å². The maximum absolute atomic E-state index is 12.3. The fraction of sp³-hybridized carbons (Fsp3) is 0.368. The van der Waals surface area contributed by atoms with E-state index in [0.717, 1.165) is 10.9 Å². The molecule has 0 radical (unpaired) electrons. The summed E-state index contributed by atoms with van der Waals surface area (Å²) in [4.78, 5) is 17.0. The van der Waals surface area contributed by atoms with E-state index in [1.54, 1.807) is 7.11 Å². The molecule has 0 fully saturated rings. The fourth-order valence-electron chi connectivity index (χ4n) is 3.00. The van der Waals surface area contributed by atoms with Crippen LogP contribution in [0.25, 0.3) is 22.4 Å². The van der Waals surface area contributed by atoms with Gasteiger partial charge in [0.15, 0.2) is 16.8 Å². The molecular weight excluding hydrogens is 376 g/mol. The minimum atomic E-state index is -1.03. The summed E-state index contributed by atoms with van der Waals surface area (Å²) < 4.78 is 7.22. The summed E-state index contributed by atoms with van der Waals surface area (Å²) in [6.07, 6.45) is 0. The van der Waals surface area contributed by atoms with Crippen molar-refractivity contribution in [3.8, 4) is 17.6 Å². The highest BCUT2D eigenvalue weighted by atomic mass is 32.2. The third kappa shape index (κ3) is 3.74. The normalized spacial score (nSPS) is 13.4. The molecule has 0 saturated heterocycles. The molecule has 0 aliphatic carbocycles. The van der Waals surface area contributed by atoms with Crippen LogP contribution in [-0.4, -0.2) is 50.7 Å². The van der Waals surface area contributed by atoms with Crippen LogP contribution < -0.4 is 0 Å². The minimum absolute atomic E-state index is 0.0224. The number of methoxy groups -OCH3 is 1. The molecule has 3 rings (SSSR count). The Balaban J connectivity index is 2.01. The number of hydrogen-bond acceptors (Lipinski definition) is 8. The van der Waals surface area contributed by atoms with Gasteiger partial charge in [-0.25, -0.2) is 4.98 Å². The van der Waals surface area contributed by atoms with Crippen LogP contribution in [0, 0.1) is 22.7 Å². The predicted molar refractivity (Wildman–Crippen MR) is 107 cm³/mol. The molecule has 2 aliphatic rings. The summed E-state index contributed by atoms with van der Waals surface area (Å²) >= 11 is 1.19. The average molecular weight is 396 g/mol. The Morgan fingerprint density at radius 2 is 2.14 bits per heavy atom. The number of fused-ring (bicyclic) bond motifs is 3. The first-order valence-corrected chi connectivity index (χ1v) is 9.69. The number of nitrogens with one attached hydrogen (secondary N) is 1. The topological polar surface area (TPSA) is 118 Å². The van der Waals surface area contributed by atoms with Crippen molar-refractivity contribution in [2.75, 3.05) is 19.5 Å². The first-order valence-electron chi connectivity index (χ1n) is 8.70. The molecule has 1 N–H and O–H groups in total. The van der Waals surface area contributed by atoms with E-state index >= 15 is 0 Å². The van der Waals surface area contributed by atoms with Crippen LogP contribution in [-0.2, 0) is 9.53 Å². The Labute approximate surface area is 166 Å². The van der Waals surface area contributed by atoms with Crippen molar-refractivity contribution in [1.82, 2.24) is 19.7 Å². The molecule has 2 heterocycles. The van der Waals surface area contributed by atoms with Gasteiger partial charge in [-0.2, -0.15) is 5.26 Å². The van der Waals surface area contributed by atoms with Crippen LogP contribution in [0.4, 0.5) is 0 Å². The summed E-state index contributed by atoms with van der Waals surface area (Å²) in [5.74, 6) is -0.660. The van der Waals surface area contributed by atoms with Gasteiger partial charge >= 0.3 is 0 Å². The largest absolute Gasteiger partial charge is 0.383 e. The van der Waals surface area contributed by atoms with Crippen LogP contribution >= 0.6 is 11.8 Å². The summed E-state index contributed by atoms with van der Waals surface area (Å²) in [6, 6.07) is 9.51. The number of carbonyl (C=O) groups excluding carboxylic acids is 1. The maximum atomic E-state index is 12.3. The van der Waals surface area contributed by atoms with Gasteiger partial charge in [0.2, 0.25) is 0 Å². The molecule has 0 unspecified atom stereocenters. The van der Waals surface area contributed by atoms with Gasteiger partial charge in [0.05, 0.1) is 30.0 Å². The highest BCUT2D eigenvalue weighted by Crippen LogP contribution is 2.33. The fourth-order valence-corrected chi connectivity index (χ4v) is 3.94. The van der Waals surface area contributed by atoms with Crippen LogP contribution in [0.1, 0.15) is 19.9 Å². The summed E-state index contributed by atoms with van der Waals surface area (Å²) in [6.45, 7) is 3.88. The lowest BCUT2D eigenvalue weighted by molar-refractivity contribution is -0.117. The Morgan fingerprint density at radius 3 is 2.82 bits per heavy atom. The quantitative estimate of drug-likeness (QED) is 0.459. The zero-order valence-corrected chi connectivity index (χ0v) is 16.7. The number of nitrogens with zero attached hydrogens (tertiary/aromatic N) is 5. The van der Waals surface area contributed by atoms with E-state index in [1.807, 2.05) is 41.8 Å². The van der Waals surface area contributed by atoms with E-state index < -0.39 is 5.92 Å². The molecule has 0 bridgehead atoms. The summed E-state index contributed by atoms with van der Waals surface area (Å²) in [5, 5.41) is 26.8. The van der Waals surface area contributed by atoms with E-state index in [0.29, 0.717) is 23.3 Å². The average Bonchev–Trinajstić information content (AvgIpc) is 3.04. The molecule has 2 aliphatic heterocycles. The van der Waals surface area contributed by atoms with E-state index in [2.05, 4.69) is 10.2 Å². The number of ether oxygens (including phenoxy) is 1. The van der Waals surface area contributed by atoms with Gasteiger partial charge in [-0.3, -0.25) is 9.36 Å². The van der Waals surface area contributed by atoms with E-state index in [9.17, 15) is 4.79 Å². The predicted octanol–water partition coefficient (Wildman–Crippen LogP) is 2.98. The molecule has 0 aromatic heterocycles. The molecule has 0 spiro atoms. The van der Waals surface area contributed by atoms with Crippen molar-refractivity contribution in [3.05, 3.63) is 24.3 Å². The molecule has 1 aromatic carbocycles. The molecule has 8 nitrogen and oxygen atoms in total. The SMILES string of the molecule is COC[C@@H](C)n1c(SCC(=O)[C@H](C#N)C(C)=N)nnc2c3ccccc3nc1-2. The Hall–Kier alpha value is -2.83. The number of benzene rings is 1. The van der Waals surface area contributed by atoms with Crippen LogP contribution in [0.3, 0.4) is 0 Å². The molecule has 144 valence electrons. The van der Waals surface area contributed by atoms with Gasteiger partial charge in [-0.15, -0.1) is 10.2 Å². The van der Waals surface area contributed by atoms with Gasteiger partial charge in [0.25, 0.3) is 0 Å². The van der Waals surface area contributed by atoms with Gasteiger partial charge in [0, 0.05) is 18.2 Å². The molecule has 9 heteroatoms. The van der Waals surface area contributed by atoms with Crippen LogP contribution in [0.2, 0.25) is 0 Å². The van der Waals surface area contributed by atoms with Crippen molar-refractivity contribution < 1.29 is 9.53 Å². The molecular formula is C19H20N6O2S. The maximum Gasteiger partial charge on any atom is 0.192 e. The number of aromatic nitrogens is 4. The number of Topliss-reactive ketones (excluding diaryl/α,β-unsaturated/α-hetero) is 1. The summed E-state index contributed by atoms with van der Waals surface area (Å²) in [7, 11) is 1.62. The summed E-state index contributed by atoms with van der Waals surface area (Å²) in [5.41, 5.74) is 1.56. The lowest BCUT2D eigenvalue weighted by atomic mass is 10.0. The van der Waals surface area contributed by atoms with E-state index in [4.69, 9.17) is 20.4 Å². The third-order valence-corrected chi connectivity index (χ3v) is 5.31. The standard InChI is InChI=1S/C19H20N6O2S/c1-11(9-27-3)25-18-17(13-6-4-5-7-15(13)22-18)23-24-19(25)28-10-16(26)14(8-20)12(2)21/h4-7,11,14,21H,9-10H2,1-3H3/t11-,14-/m1/s1. The van der Waals surface area contributed by atoms with Crippen molar-refractivity contribution >= 4 is 34.2 Å². The van der Waals surface area contributed by atoms with Gasteiger partial charge in [-0.05, 0) is 19.9 Å². The number of para-hydroxylation sites is 1. The molecule has 0 saturated carbocycles. The second kappa shape index (κ2) is 8.46. The Bertz CT molecular complexity index is 1040. The first-order chi connectivity index (χ1) is 13.5. The van der Waals surface area contributed by atoms with Crippen molar-refractivity contribution in [1.29, 1.82) is 10.7 Å². The lowest BCUT2D eigenvalue weighted by Gasteiger charge is -2.21. The number of ketones is 1. The van der Waals surface area contributed by atoms with Gasteiger partial charge in [0.1, 0.15) is 11.6 Å². The van der Waals surface area contributed by atoms with Crippen molar-refractivity contribution in [3.63, 3.8) is 0 Å². The molecule has 28 heavy (non-hydrogen) atoms. The zero-order valence-electron chi connectivity index (χ0n) is 15.8. The van der Waals surface area contributed by atoms with E-state index in [-0.39, 0.29) is 23.3 Å². The first kappa shape index (κ1) is 19.9. The Kier molecular flexibility index (Phi) is 6.02. The minimum Gasteiger partial charge on any atom is -0.383 e. The van der Waals surface area contributed by atoms with Gasteiger partial charge < -0.3 is 10.1 Å². The smallest absolute Gasteiger partial charge is 0.192 e. The number of hydrogen-bond donors (Lipinski definition) is 1. The highest BCUT2D eigenvalue weighted by Gasteiger charge is 2.26. The van der Waals surface area contributed by atoms with Crippen LogP contribution in [0.5, 0.6) is 0 Å². The monoisotopic (exact) mass is 396 g/mol. The number of nitriles is 1. The molecule has 2 atom stereocenters. The van der Waals surface area contributed by atoms with Gasteiger partial charge in [-0.1, -0.05) is 30.0 Å². The highest BCUT2D eigenvalue weighted by molar-refractivity contribution is 7.99. The van der Waals surface area contributed by atoms with Crippen molar-refractivity contribution in [2.45, 2.75) is 25.0 Å². The third-order valence-electron chi connectivity index (χ3n) is 4.34.